The Morgan fingerprint density at radius 2 is 1.65 bits per heavy atom. The largest absolute Gasteiger partial charge is 0.486 e. The Morgan fingerprint density at radius 1 is 0.903 bits per heavy atom. The van der Waals surface area contributed by atoms with E-state index in [1.54, 1.807) is 6.07 Å². The first-order valence-electron chi connectivity index (χ1n) is 9.42. The number of benzene rings is 2. The first kappa shape index (κ1) is 19.9. The third-order valence-corrected chi connectivity index (χ3v) is 4.05. The predicted octanol–water partition coefficient (Wildman–Crippen LogP) is 3.73. The second-order valence-electron chi connectivity index (χ2n) is 6.37. The van der Waals surface area contributed by atoms with E-state index in [-0.39, 0.29) is 36.7 Å². The summed E-state index contributed by atoms with van der Waals surface area (Å²) in [4.78, 5) is 24.5. The Hall–Kier alpha value is -4.40. The van der Waals surface area contributed by atoms with Crippen LogP contribution in [-0.4, -0.2) is 20.9 Å². The molecule has 0 saturated carbocycles. The summed E-state index contributed by atoms with van der Waals surface area (Å²) in [6.07, 6.45) is 0. The van der Waals surface area contributed by atoms with E-state index in [4.69, 9.17) is 19.6 Å². The number of nitrogens with two attached hydrogens (primary N) is 1. The summed E-state index contributed by atoms with van der Waals surface area (Å²) >= 11 is 0. The molecule has 3 N–H and O–H groups in total. The van der Waals surface area contributed by atoms with E-state index in [1.165, 1.54) is 6.07 Å². The molecule has 2 aromatic heterocycles. The van der Waals surface area contributed by atoms with Gasteiger partial charge in [-0.2, -0.15) is 15.0 Å². The van der Waals surface area contributed by atoms with Crippen LogP contribution in [0.25, 0.3) is 0 Å². The number of aromatic nitrogens is 3. The average Bonchev–Trinajstić information content (AvgIpc) is 3.26. The highest BCUT2D eigenvalue weighted by Crippen LogP contribution is 2.16. The zero-order valence-corrected chi connectivity index (χ0v) is 16.4. The van der Waals surface area contributed by atoms with Gasteiger partial charge in [0.2, 0.25) is 17.7 Å². The minimum atomic E-state index is -0.650. The van der Waals surface area contributed by atoms with Crippen LogP contribution in [0.1, 0.15) is 22.1 Å². The van der Waals surface area contributed by atoms with Crippen molar-refractivity contribution < 1.29 is 18.7 Å². The Labute approximate surface area is 177 Å². The van der Waals surface area contributed by atoms with Gasteiger partial charge in [0.15, 0.2) is 12.4 Å². The van der Waals surface area contributed by atoms with Crippen molar-refractivity contribution in [3.8, 4) is 5.75 Å². The molecule has 31 heavy (non-hydrogen) atoms. The highest BCUT2D eigenvalue weighted by Gasteiger charge is 2.15. The second kappa shape index (κ2) is 9.40. The summed E-state index contributed by atoms with van der Waals surface area (Å²) in [7, 11) is 0. The van der Waals surface area contributed by atoms with Gasteiger partial charge < -0.3 is 24.9 Å². The zero-order valence-electron chi connectivity index (χ0n) is 16.4. The number of nitrogens with zero attached hydrogens (tertiary/aromatic N) is 3. The SMILES string of the molecule is Nc1nc(COC(=O)c2ccc(COc3ccccc3)o2)nc(Nc2ccccc2)n1. The number of furan rings is 1. The van der Waals surface area contributed by atoms with Gasteiger partial charge in [-0.1, -0.05) is 36.4 Å². The number of nitrogen functional groups attached to an aromatic ring is 1. The summed E-state index contributed by atoms with van der Waals surface area (Å²) in [5.74, 6) is 1.07. The maximum absolute atomic E-state index is 12.3. The van der Waals surface area contributed by atoms with Crippen molar-refractivity contribution >= 4 is 23.6 Å². The van der Waals surface area contributed by atoms with Gasteiger partial charge in [-0.3, -0.25) is 0 Å². The highest BCUT2D eigenvalue weighted by atomic mass is 16.5. The fraction of sp³-hybridized carbons (Fsp3) is 0.0909. The van der Waals surface area contributed by atoms with Crippen molar-refractivity contribution in [2.24, 2.45) is 0 Å². The maximum atomic E-state index is 12.3. The molecule has 9 heteroatoms. The van der Waals surface area contributed by atoms with Gasteiger partial charge in [0.25, 0.3) is 0 Å². The van der Waals surface area contributed by atoms with E-state index in [0.717, 1.165) is 5.69 Å². The van der Waals surface area contributed by atoms with Gasteiger partial charge in [0.05, 0.1) is 0 Å². The van der Waals surface area contributed by atoms with Crippen LogP contribution < -0.4 is 15.8 Å². The van der Waals surface area contributed by atoms with Crippen molar-refractivity contribution in [1.82, 2.24) is 15.0 Å². The van der Waals surface area contributed by atoms with Crippen molar-refractivity contribution in [3.63, 3.8) is 0 Å². The number of carbonyl (C=O) groups excluding carboxylic acids is 1. The van der Waals surface area contributed by atoms with Crippen LogP contribution in [0.4, 0.5) is 17.6 Å². The summed E-state index contributed by atoms with van der Waals surface area (Å²) in [6, 6.07) is 21.8. The molecule has 0 radical (unpaired) electrons. The number of anilines is 3. The molecule has 0 amide bonds. The van der Waals surface area contributed by atoms with Crippen LogP contribution in [0.3, 0.4) is 0 Å². The summed E-state index contributed by atoms with van der Waals surface area (Å²) in [5, 5.41) is 3.02. The normalized spacial score (nSPS) is 10.5. The predicted molar refractivity (Wildman–Crippen MR) is 113 cm³/mol. The quantitative estimate of drug-likeness (QED) is 0.412. The average molecular weight is 417 g/mol. The molecule has 2 aromatic carbocycles. The minimum Gasteiger partial charge on any atom is -0.486 e. The van der Waals surface area contributed by atoms with Crippen LogP contribution in [0, 0.1) is 0 Å². The minimum absolute atomic E-state index is 0.0119. The van der Waals surface area contributed by atoms with E-state index < -0.39 is 5.97 Å². The topological polar surface area (TPSA) is 125 Å². The van der Waals surface area contributed by atoms with Crippen LogP contribution in [-0.2, 0) is 18.0 Å². The van der Waals surface area contributed by atoms with Gasteiger partial charge in [-0.25, -0.2) is 4.79 Å². The molecule has 0 aliphatic rings. The van der Waals surface area contributed by atoms with E-state index in [1.807, 2.05) is 60.7 Å². The number of ether oxygens (including phenoxy) is 2. The third kappa shape index (κ3) is 5.57. The van der Waals surface area contributed by atoms with Gasteiger partial charge in [0.1, 0.15) is 18.1 Å². The molecular formula is C22H19N5O4. The monoisotopic (exact) mass is 417 g/mol. The number of nitrogens with one attached hydrogen (secondary N) is 1. The summed E-state index contributed by atoms with van der Waals surface area (Å²) < 4.78 is 16.3. The van der Waals surface area contributed by atoms with Crippen molar-refractivity contribution in [1.29, 1.82) is 0 Å². The molecule has 0 aliphatic heterocycles. The van der Waals surface area contributed by atoms with Gasteiger partial charge in [-0.15, -0.1) is 0 Å². The molecule has 9 nitrogen and oxygen atoms in total. The second-order valence-corrected chi connectivity index (χ2v) is 6.37. The van der Waals surface area contributed by atoms with Crippen molar-refractivity contribution in [3.05, 3.63) is 90.1 Å². The molecule has 0 spiro atoms. The lowest BCUT2D eigenvalue weighted by Crippen LogP contribution is -2.11. The Balaban J connectivity index is 1.34. The van der Waals surface area contributed by atoms with Crippen LogP contribution in [0.5, 0.6) is 5.75 Å². The molecule has 0 saturated heterocycles. The van der Waals surface area contributed by atoms with Gasteiger partial charge >= 0.3 is 5.97 Å². The maximum Gasteiger partial charge on any atom is 0.374 e. The molecule has 2 heterocycles. The lowest BCUT2D eigenvalue weighted by Gasteiger charge is -2.07. The Kier molecular flexibility index (Phi) is 6.03. The van der Waals surface area contributed by atoms with E-state index >= 15 is 0 Å². The summed E-state index contributed by atoms with van der Waals surface area (Å²) in [6.45, 7) is 0.00137. The molecule has 0 bridgehead atoms. The molecule has 0 fully saturated rings. The fourth-order valence-corrected chi connectivity index (χ4v) is 2.65. The Morgan fingerprint density at radius 3 is 2.42 bits per heavy atom. The lowest BCUT2D eigenvalue weighted by molar-refractivity contribution is 0.0421. The van der Waals surface area contributed by atoms with E-state index in [9.17, 15) is 4.79 Å². The molecule has 0 aliphatic carbocycles. The molecule has 0 atom stereocenters. The number of esters is 1. The lowest BCUT2D eigenvalue weighted by atomic mass is 10.3. The third-order valence-electron chi connectivity index (χ3n) is 4.05. The van der Waals surface area contributed by atoms with E-state index in [0.29, 0.717) is 11.5 Å². The first-order chi connectivity index (χ1) is 15.2. The van der Waals surface area contributed by atoms with E-state index in [2.05, 4.69) is 20.3 Å². The first-order valence-corrected chi connectivity index (χ1v) is 9.42. The van der Waals surface area contributed by atoms with Crippen LogP contribution in [0.2, 0.25) is 0 Å². The Bertz CT molecular complexity index is 1150. The molecule has 4 aromatic rings. The summed E-state index contributed by atoms with van der Waals surface area (Å²) in [5.41, 5.74) is 6.53. The van der Waals surface area contributed by atoms with Gasteiger partial charge in [-0.05, 0) is 36.4 Å². The molecule has 0 unspecified atom stereocenters. The van der Waals surface area contributed by atoms with Crippen molar-refractivity contribution in [2.75, 3.05) is 11.1 Å². The number of carbonyl (C=O) groups is 1. The smallest absolute Gasteiger partial charge is 0.374 e. The molecule has 156 valence electrons. The molecular weight excluding hydrogens is 398 g/mol. The number of rotatable bonds is 8. The standard InChI is InChI=1S/C22H19N5O4/c23-21-25-19(26-22(27-21)24-15-7-3-1-4-8-15)14-30-20(28)18-12-11-17(31-18)13-29-16-9-5-2-6-10-16/h1-12H,13-14H2,(H3,23,24,25,26,27). The fourth-order valence-electron chi connectivity index (χ4n) is 2.65. The number of hydrogen-bond donors (Lipinski definition) is 2. The van der Waals surface area contributed by atoms with Crippen LogP contribution >= 0.6 is 0 Å². The van der Waals surface area contributed by atoms with Crippen LogP contribution in [0.15, 0.2) is 77.2 Å². The van der Waals surface area contributed by atoms with Gasteiger partial charge in [0, 0.05) is 5.69 Å². The molecule has 4 rings (SSSR count). The number of hydrogen-bond acceptors (Lipinski definition) is 9. The number of para-hydroxylation sites is 2. The zero-order chi connectivity index (χ0) is 21.5. The highest BCUT2D eigenvalue weighted by molar-refractivity contribution is 5.86. The van der Waals surface area contributed by atoms with Crippen molar-refractivity contribution in [2.45, 2.75) is 13.2 Å².